The number of amides is 2. The van der Waals surface area contributed by atoms with E-state index in [0.717, 1.165) is 11.3 Å². The largest absolute Gasteiger partial charge is 0.494 e. The van der Waals surface area contributed by atoms with Gasteiger partial charge in [0.25, 0.3) is 0 Å². The van der Waals surface area contributed by atoms with E-state index >= 15 is 0 Å². The molecule has 0 radical (unpaired) electrons. The van der Waals surface area contributed by atoms with Crippen molar-refractivity contribution in [2.24, 2.45) is 5.41 Å². The highest BCUT2D eigenvalue weighted by molar-refractivity contribution is 5.82. The van der Waals surface area contributed by atoms with Crippen LogP contribution in [0.4, 0.5) is 0 Å². The molecule has 2 amide bonds. The van der Waals surface area contributed by atoms with Crippen LogP contribution in [0.2, 0.25) is 0 Å². The summed E-state index contributed by atoms with van der Waals surface area (Å²) in [4.78, 5) is 25.5. The molecule has 0 aromatic heterocycles. The summed E-state index contributed by atoms with van der Waals surface area (Å²) in [6.07, 6.45) is 0.301. The van der Waals surface area contributed by atoms with E-state index < -0.39 is 5.41 Å². The molecule has 5 heteroatoms. The molecule has 1 N–H and O–H groups in total. The van der Waals surface area contributed by atoms with E-state index in [1.165, 1.54) is 0 Å². The van der Waals surface area contributed by atoms with Gasteiger partial charge in [0.1, 0.15) is 5.75 Å². The smallest absolute Gasteiger partial charge is 0.225 e. The summed E-state index contributed by atoms with van der Waals surface area (Å²) in [6, 6.07) is 7.72. The Labute approximate surface area is 139 Å². The van der Waals surface area contributed by atoms with Gasteiger partial charge in [-0.25, -0.2) is 0 Å². The lowest BCUT2D eigenvalue weighted by Gasteiger charge is -2.20. The molecule has 0 fully saturated rings. The number of rotatable bonds is 7. The topological polar surface area (TPSA) is 58.6 Å². The summed E-state index contributed by atoms with van der Waals surface area (Å²) in [6.45, 7) is 9.03. The number of ether oxygens (including phenoxy) is 1. The van der Waals surface area contributed by atoms with Crippen molar-refractivity contribution in [1.29, 1.82) is 0 Å². The van der Waals surface area contributed by atoms with E-state index in [2.05, 4.69) is 5.32 Å². The van der Waals surface area contributed by atoms with Gasteiger partial charge in [0, 0.05) is 32.0 Å². The van der Waals surface area contributed by atoms with Gasteiger partial charge in [-0.15, -0.1) is 0 Å². The molecule has 0 aliphatic rings. The van der Waals surface area contributed by atoms with Crippen LogP contribution in [0.1, 0.15) is 39.7 Å². The Morgan fingerprint density at radius 2 is 1.78 bits per heavy atom. The van der Waals surface area contributed by atoms with Gasteiger partial charge in [-0.2, -0.15) is 0 Å². The Bertz CT molecular complexity index is 518. The maximum Gasteiger partial charge on any atom is 0.225 e. The molecule has 0 unspecified atom stereocenters. The highest BCUT2D eigenvalue weighted by Crippen LogP contribution is 2.14. The van der Waals surface area contributed by atoms with E-state index in [1.807, 2.05) is 52.0 Å². The highest BCUT2D eigenvalue weighted by atomic mass is 16.5. The summed E-state index contributed by atoms with van der Waals surface area (Å²) in [5, 5.41) is 2.79. The van der Waals surface area contributed by atoms with Crippen LogP contribution in [0, 0.1) is 5.41 Å². The normalized spacial score (nSPS) is 11.0. The molecule has 0 aliphatic heterocycles. The molecule has 0 saturated heterocycles. The average molecular weight is 320 g/mol. The molecule has 0 atom stereocenters. The van der Waals surface area contributed by atoms with Crippen molar-refractivity contribution in [3.8, 4) is 5.75 Å². The molecule has 0 heterocycles. The molecule has 1 rings (SSSR count). The van der Waals surface area contributed by atoms with Crippen molar-refractivity contribution < 1.29 is 14.3 Å². The first-order valence-corrected chi connectivity index (χ1v) is 7.98. The Hall–Kier alpha value is -2.04. The van der Waals surface area contributed by atoms with E-state index in [0.29, 0.717) is 26.1 Å². The second kappa shape index (κ2) is 8.56. The van der Waals surface area contributed by atoms with E-state index in [-0.39, 0.29) is 11.8 Å². The lowest BCUT2D eigenvalue weighted by atomic mass is 9.96. The number of hydrogen-bond donors (Lipinski definition) is 1. The molecule has 0 aliphatic carbocycles. The quantitative estimate of drug-likeness (QED) is 0.840. The highest BCUT2D eigenvalue weighted by Gasteiger charge is 2.20. The molecular weight excluding hydrogens is 292 g/mol. The Kier molecular flexibility index (Phi) is 7.07. The van der Waals surface area contributed by atoms with Crippen LogP contribution in [0.5, 0.6) is 5.75 Å². The van der Waals surface area contributed by atoms with Gasteiger partial charge in [-0.3, -0.25) is 9.59 Å². The molecule has 1 aromatic carbocycles. The van der Waals surface area contributed by atoms with Crippen molar-refractivity contribution >= 4 is 11.8 Å². The minimum Gasteiger partial charge on any atom is -0.494 e. The summed E-state index contributed by atoms with van der Waals surface area (Å²) in [7, 11) is 1.77. The van der Waals surface area contributed by atoms with Crippen LogP contribution >= 0.6 is 0 Å². The minimum absolute atomic E-state index is 0.00749. The van der Waals surface area contributed by atoms with Gasteiger partial charge < -0.3 is 15.0 Å². The first kappa shape index (κ1) is 19.0. The van der Waals surface area contributed by atoms with Crippen LogP contribution < -0.4 is 10.1 Å². The number of carbonyl (C=O) groups is 2. The Morgan fingerprint density at radius 3 is 2.30 bits per heavy atom. The zero-order valence-corrected chi connectivity index (χ0v) is 14.8. The third-order valence-corrected chi connectivity index (χ3v) is 3.39. The maximum atomic E-state index is 12.1. The predicted molar refractivity (Wildman–Crippen MR) is 91.2 cm³/mol. The summed E-state index contributed by atoms with van der Waals surface area (Å²) >= 11 is 0. The lowest BCUT2D eigenvalue weighted by molar-refractivity contribution is -0.131. The van der Waals surface area contributed by atoms with E-state index in [4.69, 9.17) is 4.74 Å². The van der Waals surface area contributed by atoms with Crippen molar-refractivity contribution in [1.82, 2.24) is 10.2 Å². The molecule has 0 bridgehead atoms. The average Bonchev–Trinajstić information content (AvgIpc) is 2.48. The van der Waals surface area contributed by atoms with Crippen LogP contribution in [-0.2, 0) is 16.1 Å². The lowest BCUT2D eigenvalue weighted by Crippen LogP contribution is -2.37. The first-order chi connectivity index (χ1) is 10.7. The van der Waals surface area contributed by atoms with Gasteiger partial charge in [-0.1, -0.05) is 32.9 Å². The van der Waals surface area contributed by atoms with Crippen LogP contribution in [0.25, 0.3) is 0 Å². The monoisotopic (exact) mass is 320 g/mol. The number of benzene rings is 1. The molecule has 0 spiro atoms. The molecule has 5 nitrogen and oxygen atoms in total. The van der Waals surface area contributed by atoms with Crippen LogP contribution in [-0.4, -0.2) is 36.9 Å². The first-order valence-electron chi connectivity index (χ1n) is 7.98. The molecule has 128 valence electrons. The third kappa shape index (κ3) is 6.72. The summed E-state index contributed by atoms with van der Waals surface area (Å²) in [5.74, 6) is 0.794. The van der Waals surface area contributed by atoms with Crippen LogP contribution in [0.3, 0.4) is 0 Å². The van der Waals surface area contributed by atoms with Gasteiger partial charge in [0.05, 0.1) is 6.61 Å². The molecule has 0 saturated carbocycles. The van der Waals surface area contributed by atoms with Gasteiger partial charge in [0.15, 0.2) is 0 Å². The fourth-order valence-electron chi connectivity index (χ4n) is 1.96. The van der Waals surface area contributed by atoms with Crippen LogP contribution in [0.15, 0.2) is 24.3 Å². The zero-order chi connectivity index (χ0) is 17.5. The molecular formula is C18H28N2O3. The molecule has 23 heavy (non-hydrogen) atoms. The Morgan fingerprint density at radius 1 is 1.17 bits per heavy atom. The third-order valence-electron chi connectivity index (χ3n) is 3.39. The second-order valence-corrected chi connectivity index (χ2v) is 6.58. The van der Waals surface area contributed by atoms with E-state index in [9.17, 15) is 9.59 Å². The summed E-state index contributed by atoms with van der Waals surface area (Å²) < 4.78 is 5.40. The number of nitrogens with one attached hydrogen (secondary N) is 1. The van der Waals surface area contributed by atoms with E-state index in [1.54, 1.807) is 11.9 Å². The predicted octanol–water partition coefficient (Wildman–Crippen LogP) is 2.60. The van der Waals surface area contributed by atoms with Gasteiger partial charge >= 0.3 is 0 Å². The SMILES string of the molecule is CCOc1ccc(CN(C)C(=O)CCNC(=O)C(C)(C)C)cc1. The van der Waals surface area contributed by atoms with Crippen molar-refractivity contribution in [3.63, 3.8) is 0 Å². The fourth-order valence-corrected chi connectivity index (χ4v) is 1.96. The number of carbonyl (C=O) groups excluding carboxylic acids is 2. The van der Waals surface area contributed by atoms with Crippen molar-refractivity contribution in [2.45, 2.75) is 40.7 Å². The molecule has 1 aromatic rings. The summed E-state index contributed by atoms with van der Waals surface area (Å²) in [5.41, 5.74) is 0.611. The van der Waals surface area contributed by atoms with Gasteiger partial charge in [-0.05, 0) is 24.6 Å². The Balaban J connectivity index is 2.40. The van der Waals surface area contributed by atoms with Crippen molar-refractivity contribution in [2.75, 3.05) is 20.2 Å². The number of hydrogen-bond acceptors (Lipinski definition) is 3. The maximum absolute atomic E-state index is 12.1. The number of nitrogens with zero attached hydrogens (tertiary/aromatic N) is 1. The fraction of sp³-hybridized carbons (Fsp3) is 0.556. The standard InChI is InChI=1S/C18H28N2O3/c1-6-23-15-9-7-14(8-10-15)13-20(5)16(21)11-12-19-17(22)18(2,3)4/h7-10H,6,11-13H2,1-5H3,(H,19,22). The van der Waals surface area contributed by atoms with Gasteiger partial charge in [0.2, 0.25) is 11.8 Å². The van der Waals surface area contributed by atoms with Crippen molar-refractivity contribution in [3.05, 3.63) is 29.8 Å². The zero-order valence-electron chi connectivity index (χ0n) is 14.8. The second-order valence-electron chi connectivity index (χ2n) is 6.58. The minimum atomic E-state index is -0.433.